The van der Waals surface area contributed by atoms with Gasteiger partial charge in [0.1, 0.15) is 0 Å². The Bertz CT molecular complexity index is 1290. The van der Waals surface area contributed by atoms with Crippen molar-refractivity contribution in [3.63, 3.8) is 0 Å². The van der Waals surface area contributed by atoms with E-state index in [1.54, 1.807) is 10.7 Å². The minimum Gasteiger partial charge on any atom is -0.349 e. The third-order valence-corrected chi connectivity index (χ3v) is 7.19. The van der Waals surface area contributed by atoms with E-state index in [1.807, 2.05) is 30.6 Å². The normalized spacial score (nSPS) is 24.8. The van der Waals surface area contributed by atoms with Crippen LogP contribution in [0.15, 0.2) is 61.1 Å². The Kier molecular flexibility index (Phi) is 4.13. The number of aromatic nitrogens is 3. The lowest BCUT2D eigenvalue weighted by Gasteiger charge is -2.57. The molecule has 6 rings (SSSR count). The predicted molar refractivity (Wildman–Crippen MR) is 121 cm³/mol. The van der Waals surface area contributed by atoms with Gasteiger partial charge in [-0.2, -0.15) is 5.10 Å². The minimum atomic E-state index is -0.0128. The maximum absolute atomic E-state index is 13.1. The van der Waals surface area contributed by atoms with Gasteiger partial charge in [-0.25, -0.2) is 4.52 Å². The standard InChI is InChI=1S/C26H26N4O/c1-17-11-26(12-17)13-22(14-26)29-25(31)23-16-28-30-8-4-7-19(24(23)30)10-21-9-18-5-2-3-6-20(18)15-27-21/h2-9,15-17,22H,10-14H2,1H3,(H,29,31). The van der Waals surface area contributed by atoms with Crippen molar-refractivity contribution >= 4 is 22.2 Å². The highest BCUT2D eigenvalue weighted by Crippen LogP contribution is 2.58. The largest absolute Gasteiger partial charge is 0.349 e. The summed E-state index contributed by atoms with van der Waals surface area (Å²) in [5.74, 6) is 0.837. The first-order valence-corrected chi connectivity index (χ1v) is 11.2. The van der Waals surface area contributed by atoms with Crippen molar-refractivity contribution in [3.05, 3.63) is 77.9 Å². The number of carbonyl (C=O) groups is 1. The van der Waals surface area contributed by atoms with Crippen LogP contribution in [0.25, 0.3) is 16.3 Å². The van der Waals surface area contributed by atoms with E-state index in [9.17, 15) is 4.79 Å². The Hall–Kier alpha value is -3.21. The van der Waals surface area contributed by atoms with Crippen molar-refractivity contribution in [1.82, 2.24) is 19.9 Å². The Morgan fingerprint density at radius 3 is 2.71 bits per heavy atom. The summed E-state index contributed by atoms with van der Waals surface area (Å²) < 4.78 is 1.81. The molecule has 156 valence electrons. The van der Waals surface area contributed by atoms with Gasteiger partial charge in [0, 0.05) is 35.9 Å². The molecule has 0 radical (unpaired) electrons. The SMILES string of the molecule is CC1CC2(C1)CC(NC(=O)c1cnn3cccc(Cc4cc5ccccc5cn4)c13)C2. The average molecular weight is 411 g/mol. The fourth-order valence-electron chi connectivity index (χ4n) is 5.95. The number of carbonyl (C=O) groups excluding carboxylic acids is 1. The van der Waals surface area contributed by atoms with Crippen molar-refractivity contribution in [2.45, 2.75) is 45.1 Å². The first kappa shape index (κ1) is 18.6. The van der Waals surface area contributed by atoms with Gasteiger partial charge in [-0.3, -0.25) is 9.78 Å². The van der Waals surface area contributed by atoms with Crippen LogP contribution < -0.4 is 5.32 Å². The molecule has 1 aromatic carbocycles. The van der Waals surface area contributed by atoms with E-state index in [-0.39, 0.29) is 5.91 Å². The molecule has 2 saturated carbocycles. The molecule has 1 N–H and O–H groups in total. The van der Waals surface area contributed by atoms with E-state index in [0.717, 1.165) is 40.9 Å². The highest BCUT2D eigenvalue weighted by atomic mass is 16.1. The van der Waals surface area contributed by atoms with E-state index in [4.69, 9.17) is 0 Å². The van der Waals surface area contributed by atoms with Crippen molar-refractivity contribution in [2.24, 2.45) is 11.3 Å². The Morgan fingerprint density at radius 2 is 1.90 bits per heavy atom. The molecule has 1 amide bonds. The molecule has 2 aliphatic carbocycles. The molecule has 5 nitrogen and oxygen atoms in total. The summed E-state index contributed by atoms with van der Waals surface area (Å²) in [6.45, 7) is 2.32. The van der Waals surface area contributed by atoms with Gasteiger partial charge in [0.05, 0.1) is 17.3 Å². The maximum atomic E-state index is 13.1. The van der Waals surface area contributed by atoms with Gasteiger partial charge in [-0.1, -0.05) is 37.3 Å². The summed E-state index contributed by atoms with van der Waals surface area (Å²) in [5, 5.41) is 10.0. The molecule has 0 aliphatic heterocycles. The Balaban J connectivity index is 1.25. The molecule has 2 fully saturated rings. The quantitative estimate of drug-likeness (QED) is 0.527. The van der Waals surface area contributed by atoms with Gasteiger partial charge in [0.2, 0.25) is 0 Å². The molecule has 0 unspecified atom stereocenters. The number of hydrogen-bond acceptors (Lipinski definition) is 3. The van der Waals surface area contributed by atoms with Gasteiger partial charge >= 0.3 is 0 Å². The summed E-state index contributed by atoms with van der Waals surface area (Å²) in [7, 11) is 0. The van der Waals surface area contributed by atoms with Crippen LogP contribution in [-0.2, 0) is 6.42 Å². The van der Waals surface area contributed by atoms with Crippen LogP contribution >= 0.6 is 0 Å². The molecule has 1 spiro atoms. The van der Waals surface area contributed by atoms with E-state index in [0.29, 0.717) is 23.4 Å². The van der Waals surface area contributed by atoms with Crippen LogP contribution in [0.4, 0.5) is 0 Å². The molecular formula is C26H26N4O. The summed E-state index contributed by atoms with van der Waals surface area (Å²) >= 11 is 0. The second-order valence-electron chi connectivity index (χ2n) is 9.68. The molecular weight excluding hydrogens is 384 g/mol. The van der Waals surface area contributed by atoms with Crippen LogP contribution in [0, 0.1) is 11.3 Å². The Labute approximate surface area is 181 Å². The molecule has 5 heteroatoms. The lowest BCUT2D eigenvalue weighted by atomic mass is 9.50. The fraction of sp³-hybridized carbons (Fsp3) is 0.346. The van der Waals surface area contributed by atoms with Crippen molar-refractivity contribution in [2.75, 3.05) is 0 Å². The van der Waals surface area contributed by atoms with Crippen LogP contribution in [0.3, 0.4) is 0 Å². The molecule has 2 aliphatic rings. The van der Waals surface area contributed by atoms with Crippen LogP contribution in [0.1, 0.15) is 54.2 Å². The monoisotopic (exact) mass is 410 g/mol. The van der Waals surface area contributed by atoms with Crippen LogP contribution in [0.5, 0.6) is 0 Å². The topological polar surface area (TPSA) is 59.3 Å². The number of hydrogen-bond donors (Lipinski definition) is 1. The van der Waals surface area contributed by atoms with Gasteiger partial charge in [-0.15, -0.1) is 0 Å². The van der Waals surface area contributed by atoms with Crippen molar-refractivity contribution in [1.29, 1.82) is 0 Å². The predicted octanol–water partition coefficient (Wildman–Crippen LogP) is 4.78. The highest BCUT2D eigenvalue weighted by molar-refractivity contribution is 6.01. The zero-order valence-electron chi connectivity index (χ0n) is 17.7. The number of benzene rings is 1. The number of rotatable bonds is 4. The van der Waals surface area contributed by atoms with Crippen molar-refractivity contribution in [3.8, 4) is 0 Å². The minimum absolute atomic E-state index is 0.0128. The fourth-order valence-corrected chi connectivity index (χ4v) is 5.95. The van der Waals surface area contributed by atoms with E-state index in [1.165, 1.54) is 18.2 Å². The second-order valence-corrected chi connectivity index (χ2v) is 9.68. The van der Waals surface area contributed by atoms with Gasteiger partial charge < -0.3 is 5.32 Å². The Morgan fingerprint density at radius 1 is 1.10 bits per heavy atom. The first-order valence-electron chi connectivity index (χ1n) is 11.2. The third-order valence-electron chi connectivity index (χ3n) is 7.19. The number of pyridine rings is 2. The molecule has 3 heterocycles. The maximum Gasteiger partial charge on any atom is 0.255 e. The highest BCUT2D eigenvalue weighted by Gasteiger charge is 2.51. The smallest absolute Gasteiger partial charge is 0.255 e. The van der Waals surface area contributed by atoms with Crippen LogP contribution in [0.2, 0.25) is 0 Å². The van der Waals surface area contributed by atoms with Gasteiger partial charge in [0.25, 0.3) is 5.91 Å². The average Bonchev–Trinajstić information content (AvgIpc) is 3.16. The lowest BCUT2D eigenvalue weighted by molar-refractivity contribution is -0.0399. The van der Waals surface area contributed by atoms with Gasteiger partial charge in [-0.05, 0) is 60.1 Å². The second kappa shape index (κ2) is 6.91. The summed E-state index contributed by atoms with van der Waals surface area (Å²) in [5.41, 5.74) is 4.09. The number of amides is 1. The summed E-state index contributed by atoms with van der Waals surface area (Å²) in [6, 6.07) is 14.7. The zero-order chi connectivity index (χ0) is 21.0. The zero-order valence-corrected chi connectivity index (χ0v) is 17.7. The molecule has 31 heavy (non-hydrogen) atoms. The van der Waals surface area contributed by atoms with Crippen molar-refractivity contribution < 1.29 is 4.79 Å². The first-order chi connectivity index (χ1) is 15.1. The molecule has 3 aromatic heterocycles. The summed E-state index contributed by atoms with van der Waals surface area (Å²) in [6.07, 6.45) is 11.1. The number of fused-ring (bicyclic) bond motifs is 2. The molecule has 0 atom stereocenters. The van der Waals surface area contributed by atoms with E-state index < -0.39 is 0 Å². The number of nitrogens with zero attached hydrogens (tertiary/aromatic N) is 3. The molecule has 4 aromatic rings. The molecule has 0 bridgehead atoms. The van der Waals surface area contributed by atoms with E-state index in [2.05, 4.69) is 46.6 Å². The lowest BCUT2D eigenvalue weighted by Crippen LogP contribution is -2.55. The van der Waals surface area contributed by atoms with Gasteiger partial charge in [0.15, 0.2) is 0 Å². The van der Waals surface area contributed by atoms with E-state index >= 15 is 0 Å². The van der Waals surface area contributed by atoms with Crippen LogP contribution in [-0.4, -0.2) is 26.5 Å². The number of nitrogens with one attached hydrogen (secondary N) is 1. The third kappa shape index (κ3) is 3.19. The molecule has 0 saturated heterocycles. The summed E-state index contributed by atoms with van der Waals surface area (Å²) in [4.78, 5) is 17.8.